The van der Waals surface area contributed by atoms with Crippen molar-refractivity contribution in [2.24, 2.45) is 11.8 Å². The van der Waals surface area contributed by atoms with E-state index in [-0.39, 0.29) is 23.6 Å². The van der Waals surface area contributed by atoms with E-state index in [1.165, 1.54) is 0 Å². The Hall–Kier alpha value is -2.04. The minimum absolute atomic E-state index is 0.140. The van der Waals surface area contributed by atoms with Gasteiger partial charge in [-0.25, -0.2) is 0 Å². The summed E-state index contributed by atoms with van der Waals surface area (Å²) in [6, 6.07) is 7.32. The Morgan fingerprint density at radius 2 is 2.08 bits per heavy atom. The Bertz CT molecular complexity index is 631. The summed E-state index contributed by atoms with van der Waals surface area (Å²) in [6.45, 7) is 0.825. The van der Waals surface area contributed by atoms with Crippen LogP contribution >= 0.6 is 0 Å². The maximum Gasteiger partial charge on any atom is 0.222 e. The summed E-state index contributed by atoms with van der Waals surface area (Å²) in [6.07, 6.45) is 3.65. The molecule has 130 valence electrons. The van der Waals surface area contributed by atoms with Crippen molar-refractivity contribution in [1.29, 1.82) is 0 Å². The zero-order chi connectivity index (χ0) is 17.3. The lowest BCUT2D eigenvalue weighted by Crippen LogP contribution is -2.39. The summed E-state index contributed by atoms with van der Waals surface area (Å²) in [7, 11) is 3.76. The number of phenolic OH excluding ortho intramolecular Hbond substituents is 1. The van der Waals surface area contributed by atoms with Gasteiger partial charge in [-0.1, -0.05) is 12.1 Å². The first-order valence-electron chi connectivity index (χ1n) is 8.71. The predicted molar refractivity (Wildman–Crippen MR) is 91.5 cm³/mol. The van der Waals surface area contributed by atoms with Crippen LogP contribution in [0.15, 0.2) is 24.3 Å². The lowest BCUT2D eigenvalue weighted by Gasteiger charge is -2.31. The first-order valence-corrected chi connectivity index (χ1v) is 8.71. The molecule has 0 spiro atoms. The van der Waals surface area contributed by atoms with Gasteiger partial charge in [0.1, 0.15) is 5.75 Å². The standard InChI is InChI=1S/C19H26N2O3/c1-20-12-15-10-16(9-14(15)11-19(20)24)21(2)18(23)7-6-13-4-3-5-17(22)8-13/h3-5,8,14-16,22H,6-7,9-12H2,1-2H3/t14-,15+,16-/m1/s1. The van der Waals surface area contributed by atoms with Gasteiger partial charge in [0.25, 0.3) is 0 Å². The molecule has 2 amide bonds. The zero-order valence-electron chi connectivity index (χ0n) is 14.4. The number of likely N-dealkylation sites (tertiary alicyclic amines) is 1. The van der Waals surface area contributed by atoms with Crippen molar-refractivity contribution in [3.8, 4) is 5.75 Å². The SMILES string of the molecule is CN1C[C@@H]2C[C@H](N(C)C(=O)CCc3cccc(O)c3)C[C@@H]2CC1=O. The van der Waals surface area contributed by atoms with Gasteiger partial charge in [-0.05, 0) is 48.8 Å². The van der Waals surface area contributed by atoms with Gasteiger partial charge < -0.3 is 14.9 Å². The third-order valence-corrected chi connectivity index (χ3v) is 5.67. The molecular formula is C19H26N2O3. The molecule has 3 rings (SSSR count). The van der Waals surface area contributed by atoms with E-state index in [0.717, 1.165) is 24.9 Å². The molecule has 1 N–H and O–H groups in total. The molecule has 0 bridgehead atoms. The van der Waals surface area contributed by atoms with Gasteiger partial charge >= 0.3 is 0 Å². The van der Waals surface area contributed by atoms with Crippen molar-refractivity contribution < 1.29 is 14.7 Å². The van der Waals surface area contributed by atoms with Gasteiger partial charge in [-0.2, -0.15) is 0 Å². The Morgan fingerprint density at radius 1 is 1.33 bits per heavy atom. The van der Waals surface area contributed by atoms with Gasteiger partial charge in [0.2, 0.25) is 11.8 Å². The number of carbonyl (C=O) groups excluding carboxylic acids is 2. The molecule has 1 aromatic rings. The summed E-state index contributed by atoms with van der Waals surface area (Å²) in [5, 5.41) is 9.49. The van der Waals surface area contributed by atoms with Crippen LogP contribution in [0.3, 0.4) is 0 Å². The summed E-state index contributed by atoms with van der Waals surface area (Å²) in [5.74, 6) is 1.57. The smallest absolute Gasteiger partial charge is 0.222 e. The molecule has 1 aliphatic heterocycles. The van der Waals surface area contributed by atoms with Crippen LogP contribution in [0.1, 0.15) is 31.2 Å². The molecule has 1 heterocycles. The molecule has 5 nitrogen and oxygen atoms in total. The molecule has 2 fully saturated rings. The second kappa shape index (κ2) is 6.83. The van der Waals surface area contributed by atoms with E-state index in [4.69, 9.17) is 0 Å². The highest BCUT2D eigenvalue weighted by Gasteiger charge is 2.42. The third kappa shape index (κ3) is 3.55. The number of hydrogen-bond acceptors (Lipinski definition) is 3. The van der Waals surface area contributed by atoms with Crippen LogP contribution in [0, 0.1) is 11.8 Å². The highest BCUT2D eigenvalue weighted by atomic mass is 16.3. The van der Waals surface area contributed by atoms with E-state index in [9.17, 15) is 14.7 Å². The van der Waals surface area contributed by atoms with Crippen LogP contribution in [-0.4, -0.2) is 53.4 Å². The molecule has 1 saturated heterocycles. The molecule has 24 heavy (non-hydrogen) atoms. The second-order valence-corrected chi connectivity index (χ2v) is 7.30. The Kier molecular flexibility index (Phi) is 4.78. The minimum Gasteiger partial charge on any atom is -0.508 e. The van der Waals surface area contributed by atoms with E-state index >= 15 is 0 Å². The average molecular weight is 330 g/mol. The second-order valence-electron chi connectivity index (χ2n) is 7.30. The van der Waals surface area contributed by atoms with Crippen LogP contribution in [0.2, 0.25) is 0 Å². The highest BCUT2D eigenvalue weighted by Crippen LogP contribution is 2.40. The molecule has 1 aromatic carbocycles. The first-order chi connectivity index (χ1) is 11.4. The van der Waals surface area contributed by atoms with Crippen molar-refractivity contribution in [2.45, 2.75) is 38.1 Å². The molecule has 1 saturated carbocycles. The van der Waals surface area contributed by atoms with Gasteiger partial charge in [0.15, 0.2) is 0 Å². The topological polar surface area (TPSA) is 60.9 Å². The predicted octanol–water partition coefficient (Wildman–Crippen LogP) is 2.04. The number of piperidine rings is 1. The van der Waals surface area contributed by atoms with E-state index in [2.05, 4.69) is 0 Å². The van der Waals surface area contributed by atoms with Gasteiger partial charge in [-0.15, -0.1) is 0 Å². The summed E-state index contributed by atoms with van der Waals surface area (Å²) < 4.78 is 0. The van der Waals surface area contributed by atoms with Crippen molar-refractivity contribution in [3.63, 3.8) is 0 Å². The quantitative estimate of drug-likeness (QED) is 0.919. The molecule has 2 aliphatic rings. The number of fused-ring (bicyclic) bond motifs is 1. The van der Waals surface area contributed by atoms with Gasteiger partial charge in [0, 0.05) is 39.5 Å². The number of nitrogens with zero attached hydrogens (tertiary/aromatic N) is 2. The van der Waals surface area contributed by atoms with Crippen LogP contribution < -0.4 is 0 Å². The molecule has 0 aromatic heterocycles. The third-order valence-electron chi connectivity index (χ3n) is 5.67. The van der Waals surface area contributed by atoms with E-state index in [1.807, 2.05) is 30.0 Å². The molecule has 5 heteroatoms. The zero-order valence-corrected chi connectivity index (χ0v) is 14.4. The number of hydrogen-bond donors (Lipinski definition) is 1. The van der Waals surface area contributed by atoms with Crippen LogP contribution in [0.4, 0.5) is 0 Å². The number of rotatable bonds is 4. The number of aromatic hydroxyl groups is 1. The van der Waals surface area contributed by atoms with E-state index in [0.29, 0.717) is 31.1 Å². The minimum atomic E-state index is 0.140. The summed E-state index contributed by atoms with van der Waals surface area (Å²) in [5.41, 5.74) is 0.976. The maximum absolute atomic E-state index is 12.5. The van der Waals surface area contributed by atoms with Crippen molar-refractivity contribution in [3.05, 3.63) is 29.8 Å². The maximum atomic E-state index is 12.5. The highest BCUT2D eigenvalue weighted by molar-refractivity contribution is 5.78. The van der Waals surface area contributed by atoms with Crippen LogP contribution in [0.25, 0.3) is 0 Å². The van der Waals surface area contributed by atoms with Gasteiger partial charge in [0.05, 0.1) is 0 Å². The first kappa shape index (κ1) is 16.8. The number of aryl methyl sites for hydroxylation is 1. The Morgan fingerprint density at radius 3 is 2.83 bits per heavy atom. The van der Waals surface area contributed by atoms with Gasteiger partial charge in [-0.3, -0.25) is 9.59 Å². The van der Waals surface area contributed by atoms with E-state index in [1.54, 1.807) is 18.2 Å². The summed E-state index contributed by atoms with van der Waals surface area (Å²) >= 11 is 0. The Balaban J connectivity index is 1.54. The van der Waals surface area contributed by atoms with Crippen molar-refractivity contribution in [1.82, 2.24) is 9.80 Å². The monoisotopic (exact) mass is 330 g/mol. The van der Waals surface area contributed by atoms with E-state index < -0.39 is 0 Å². The number of benzene rings is 1. The number of carbonyl (C=O) groups is 2. The van der Waals surface area contributed by atoms with Crippen LogP contribution in [-0.2, 0) is 16.0 Å². The molecule has 1 aliphatic carbocycles. The molecule has 3 atom stereocenters. The lowest BCUT2D eigenvalue weighted by molar-refractivity contribution is -0.135. The Labute approximate surface area is 143 Å². The molecular weight excluding hydrogens is 304 g/mol. The molecule has 0 radical (unpaired) electrons. The number of amides is 2. The molecule has 0 unspecified atom stereocenters. The van der Waals surface area contributed by atoms with Crippen molar-refractivity contribution >= 4 is 11.8 Å². The fourth-order valence-corrected chi connectivity index (χ4v) is 4.15. The largest absolute Gasteiger partial charge is 0.508 e. The fourth-order valence-electron chi connectivity index (χ4n) is 4.15. The number of phenols is 1. The van der Waals surface area contributed by atoms with Crippen LogP contribution in [0.5, 0.6) is 5.75 Å². The fraction of sp³-hybridized carbons (Fsp3) is 0.579. The van der Waals surface area contributed by atoms with Crippen molar-refractivity contribution in [2.75, 3.05) is 20.6 Å². The lowest BCUT2D eigenvalue weighted by atomic mass is 9.88. The summed E-state index contributed by atoms with van der Waals surface area (Å²) in [4.78, 5) is 28.1. The average Bonchev–Trinajstić information content (AvgIpc) is 2.95. The normalized spacial score (nSPS) is 26.3.